The maximum absolute atomic E-state index is 5.31. The average Bonchev–Trinajstić information content (AvgIpc) is 3.08. The predicted octanol–water partition coefficient (Wildman–Crippen LogP) is 3.07. The third-order valence-electron chi connectivity index (χ3n) is 3.24. The Balaban J connectivity index is 2.05. The van der Waals surface area contributed by atoms with Crippen LogP contribution in [0.15, 0.2) is 18.2 Å². The van der Waals surface area contributed by atoms with Crippen molar-refractivity contribution in [2.24, 2.45) is 5.92 Å². The molecule has 0 amide bonds. The number of aromatic nitrogens is 4. The molecule has 2 aromatic heterocycles. The van der Waals surface area contributed by atoms with Gasteiger partial charge in [0, 0.05) is 18.1 Å². The Morgan fingerprint density at radius 2 is 1.77 bits per heavy atom. The van der Waals surface area contributed by atoms with E-state index in [0.29, 0.717) is 5.92 Å². The van der Waals surface area contributed by atoms with Crippen molar-refractivity contribution in [3.05, 3.63) is 24.0 Å². The summed E-state index contributed by atoms with van der Waals surface area (Å²) in [5.74, 6) is 2.88. The van der Waals surface area contributed by atoms with Crippen LogP contribution in [0.3, 0.4) is 0 Å². The Morgan fingerprint density at radius 1 is 1.09 bits per heavy atom. The summed E-state index contributed by atoms with van der Waals surface area (Å²) in [7, 11) is 3.27. The summed E-state index contributed by atoms with van der Waals surface area (Å²) in [6, 6.07) is 5.72. The number of hydrogen-bond acceptors (Lipinski definition) is 6. The molecular formula is C15H18N4O2S. The lowest BCUT2D eigenvalue weighted by molar-refractivity contribution is 0.394. The highest BCUT2D eigenvalue weighted by molar-refractivity contribution is 7.19. The first-order chi connectivity index (χ1) is 10.6. The molecule has 0 radical (unpaired) electrons. The Labute approximate surface area is 132 Å². The summed E-state index contributed by atoms with van der Waals surface area (Å²) >= 11 is 1.50. The Hall–Kier alpha value is -2.15. The van der Waals surface area contributed by atoms with E-state index in [9.17, 15) is 0 Å². The van der Waals surface area contributed by atoms with Gasteiger partial charge >= 0.3 is 0 Å². The van der Waals surface area contributed by atoms with Crippen LogP contribution in [0.5, 0.6) is 11.5 Å². The van der Waals surface area contributed by atoms with Crippen LogP contribution in [0, 0.1) is 5.92 Å². The quantitative estimate of drug-likeness (QED) is 0.723. The van der Waals surface area contributed by atoms with Crippen LogP contribution in [0.1, 0.15) is 19.7 Å². The van der Waals surface area contributed by atoms with Gasteiger partial charge < -0.3 is 9.47 Å². The zero-order chi connectivity index (χ0) is 15.7. The van der Waals surface area contributed by atoms with Crippen molar-refractivity contribution < 1.29 is 9.47 Å². The number of nitrogens with zero attached hydrogens (tertiary/aromatic N) is 4. The van der Waals surface area contributed by atoms with Gasteiger partial charge in [-0.15, -0.1) is 10.2 Å². The third kappa shape index (κ3) is 2.76. The highest BCUT2D eigenvalue weighted by atomic mass is 32.1. The van der Waals surface area contributed by atoms with Crippen LogP contribution in [0.2, 0.25) is 0 Å². The molecule has 7 heteroatoms. The molecule has 0 aliphatic heterocycles. The van der Waals surface area contributed by atoms with Crippen LogP contribution < -0.4 is 9.47 Å². The van der Waals surface area contributed by atoms with E-state index in [2.05, 4.69) is 29.1 Å². The topological polar surface area (TPSA) is 61.5 Å². The molecule has 0 aliphatic rings. The van der Waals surface area contributed by atoms with Crippen LogP contribution in [-0.2, 0) is 6.42 Å². The molecule has 0 saturated carbocycles. The minimum absolute atomic E-state index is 0.509. The van der Waals surface area contributed by atoms with Crippen molar-refractivity contribution in [2.75, 3.05) is 14.2 Å². The van der Waals surface area contributed by atoms with E-state index in [-0.39, 0.29) is 0 Å². The number of methoxy groups -OCH3 is 2. The molecule has 0 atom stereocenters. The highest BCUT2D eigenvalue weighted by Crippen LogP contribution is 2.32. The van der Waals surface area contributed by atoms with Gasteiger partial charge in [-0.3, -0.25) is 0 Å². The van der Waals surface area contributed by atoms with E-state index in [4.69, 9.17) is 9.47 Å². The lowest BCUT2D eigenvalue weighted by Gasteiger charge is -2.06. The monoisotopic (exact) mass is 318 g/mol. The molecule has 3 aromatic rings. The minimum Gasteiger partial charge on any atom is -0.497 e. The van der Waals surface area contributed by atoms with Crippen molar-refractivity contribution >= 4 is 16.3 Å². The van der Waals surface area contributed by atoms with Crippen LogP contribution in [0.25, 0.3) is 15.5 Å². The van der Waals surface area contributed by atoms with Crippen molar-refractivity contribution in [3.8, 4) is 22.1 Å². The Bertz CT molecular complexity index is 772. The zero-order valence-corrected chi connectivity index (χ0v) is 13.8. The summed E-state index contributed by atoms with van der Waals surface area (Å²) < 4.78 is 12.5. The number of rotatable bonds is 5. The highest BCUT2D eigenvalue weighted by Gasteiger charge is 2.15. The molecule has 0 unspecified atom stereocenters. The van der Waals surface area contributed by atoms with E-state index < -0.39 is 0 Å². The lowest BCUT2D eigenvalue weighted by Crippen LogP contribution is -2.01. The predicted molar refractivity (Wildman–Crippen MR) is 85.7 cm³/mol. The molecule has 2 heterocycles. The molecule has 0 fully saturated rings. The molecular weight excluding hydrogens is 300 g/mol. The van der Waals surface area contributed by atoms with Crippen molar-refractivity contribution in [1.82, 2.24) is 19.8 Å². The fourth-order valence-corrected chi connectivity index (χ4v) is 3.04. The van der Waals surface area contributed by atoms with Crippen LogP contribution >= 0.6 is 11.3 Å². The van der Waals surface area contributed by atoms with E-state index in [1.807, 2.05) is 22.7 Å². The summed E-state index contributed by atoms with van der Waals surface area (Å²) in [4.78, 5) is 0.799. The molecule has 0 saturated heterocycles. The summed E-state index contributed by atoms with van der Waals surface area (Å²) in [5, 5.41) is 13.9. The first kappa shape index (κ1) is 14.8. The summed E-state index contributed by atoms with van der Waals surface area (Å²) in [6.07, 6.45) is 0.853. The van der Waals surface area contributed by atoms with Gasteiger partial charge in [0.1, 0.15) is 16.5 Å². The van der Waals surface area contributed by atoms with E-state index in [1.54, 1.807) is 14.2 Å². The molecule has 3 rings (SSSR count). The Morgan fingerprint density at radius 3 is 2.36 bits per heavy atom. The van der Waals surface area contributed by atoms with Crippen LogP contribution in [0.4, 0.5) is 0 Å². The van der Waals surface area contributed by atoms with Gasteiger partial charge in [0.15, 0.2) is 5.82 Å². The number of ether oxygens (including phenoxy) is 2. The fourth-order valence-electron chi connectivity index (χ4n) is 2.20. The molecule has 0 spiro atoms. The van der Waals surface area contributed by atoms with Crippen molar-refractivity contribution in [3.63, 3.8) is 0 Å². The van der Waals surface area contributed by atoms with E-state index in [0.717, 1.165) is 39.3 Å². The maximum Gasteiger partial charge on any atom is 0.234 e. The SMILES string of the molecule is COc1cc(OC)cc(-c2nn3c(CC(C)C)nnc3s2)c1. The van der Waals surface area contributed by atoms with Crippen molar-refractivity contribution in [2.45, 2.75) is 20.3 Å². The van der Waals surface area contributed by atoms with Gasteiger partial charge in [-0.1, -0.05) is 25.2 Å². The largest absolute Gasteiger partial charge is 0.497 e. The number of hydrogen-bond donors (Lipinski definition) is 0. The molecule has 116 valence electrons. The molecule has 1 aromatic carbocycles. The third-order valence-corrected chi connectivity index (χ3v) is 4.19. The van der Waals surface area contributed by atoms with Gasteiger partial charge in [-0.05, 0) is 18.1 Å². The van der Waals surface area contributed by atoms with Gasteiger partial charge in [0.25, 0.3) is 0 Å². The average molecular weight is 318 g/mol. The fraction of sp³-hybridized carbons (Fsp3) is 0.400. The number of benzene rings is 1. The minimum atomic E-state index is 0.509. The maximum atomic E-state index is 5.31. The van der Waals surface area contributed by atoms with E-state index >= 15 is 0 Å². The molecule has 6 nitrogen and oxygen atoms in total. The summed E-state index contributed by atoms with van der Waals surface area (Å²) in [6.45, 7) is 4.31. The van der Waals surface area contributed by atoms with Crippen LogP contribution in [-0.4, -0.2) is 34.0 Å². The molecule has 22 heavy (non-hydrogen) atoms. The molecule has 0 bridgehead atoms. The lowest BCUT2D eigenvalue weighted by atomic mass is 10.1. The standard InChI is InChI=1S/C15H18N4O2S/c1-9(2)5-13-16-17-15-19(13)18-14(22-15)10-6-11(20-3)8-12(7-10)21-4/h6-9H,5H2,1-4H3. The van der Waals surface area contributed by atoms with E-state index in [1.165, 1.54) is 11.3 Å². The molecule has 0 N–H and O–H groups in total. The van der Waals surface area contributed by atoms with Crippen molar-refractivity contribution in [1.29, 1.82) is 0 Å². The second-order valence-electron chi connectivity index (χ2n) is 5.42. The first-order valence-corrected chi connectivity index (χ1v) is 7.87. The van der Waals surface area contributed by atoms with Gasteiger partial charge in [-0.2, -0.15) is 9.61 Å². The first-order valence-electron chi connectivity index (χ1n) is 7.05. The number of fused-ring (bicyclic) bond motifs is 1. The summed E-state index contributed by atoms with van der Waals surface area (Å²) in [5.41, 5.74) is 0.946. The zero-order valence-electron chi connectivity index (χ0n) is 13.0. The second kappa shape index (κ2) is 5.92. The second-order valence-corrected chi connectivity index (χ2v) is 6.37. The normalized spacial score (nSPS) is 11.3. The van der Waals surface area contributed by atoms with Gasteiger partial charge in [-0.25, -0.2) is 0 Å². The smallest absolute Gasteiger partial charge is 0.234 e. The van der Waals surface area contributed by atoms with Gasteiger partial charge in [0.05, 0.1) is 14.2 Å². The van der Waals surface area contributed by atoms with Gasteiger partial charge in [0.2, 0.25) is 4.96 Å². The molecule has 0 aliphatic carbocycles. The Kier molecular flexibility index (Phi) is 3.98.